The number of hydrogen-bond donors (Lipinski definition) is 0. The topological polar surface area (TPSA) is 57.2 Å². The van der Waals surface area contributed by atoms with Gasteiger partial charge in [-0.2, -0.15) is 0 Å². The average molecular weight is 363 g/mol. The van der Waals surface area contributed by atoms with Gasteiger partial charge in [-0.25, -0.2) is 8.42 Å². The molecule has 24 heavy (non-hydrogen) atoms. The van der Waals surface area contributed by atoms with Crippen LogP contribution < -0.4 is 29.6 Å². The predicted octanol–water partition coefficient (Wildman–Crippen LogP) is 2.51. The molecule has 0 aromatic heterocycles. The van der Waals surface area contributed by atoms with E-state index in [1.165, 1.54) is 38.5 Å². The van der Waals surface area contributed by atoms with Gasteiger partial charge < -0.3 is 4.55 Å². The Hall–Kier alpha value is 0.130. The van der Waals surface area contributed by atoms with E-state index in [0.717, 1.165) is 24.8 Å². The van der Waals surface area contributed by atoms with Crippen LogP contribution in [0.5, 0.6) is 0 Å². The molecule has 1 unspecified atom stereocenters. The van der Waals surface area contributed by atoms with E-state index < -0.39 is 15.4 Å². The smallest absolute Gasteiger partial charge is 0.747 e. The zero-order chi connectivity index (χ0) is 17.1. The van der Waals surface area contributed by atoms with Crippen LogP contribution in [0.2, 0.25) is 0 Å². The van der Waals surface area contributed by atoms with Crippen LogP contribution in [0.25, 0.3) is 0 Å². The number of benzene rings is 1. The molecule has 0 saturated carbocycles. The average Bonchev–Trinajstić information content (AvgIpc) is 2.49. The van der Waals surface area contributed by atoms with Crippen molar-refractivity contribution in [2.45, 2.75) is 83.3 Å². The Balaban J connectivity index is 0.00000529. The van der Waals surface area contributed by atoms with Crippen molar-refractivity contribution in [3.8, 4) is 0 Å². The normalized spacial score (nSPS) is 12.6. The number of rotatable bonds is 12. The van der Waals surface area contributed by atoms with Gasteiger partial charge in [-0.05, 0) is 24.5 Å². The maximum atomic E-state index is 11.6. The Morgan fingerprint density at radius 2 is 1.42 bits per heavy atom. The number of unbranched alkanes of at least 4 members (excludes halogenated alkanes) is 8. The monoisotopic (exact) mass is 362 g/mol. The molecule has 0 radical (unpaired) electrons. The van der Waals surface area contributed by atoms with Crippen molar-refractivity contribution in [3.05, 3.63) is 35.4 Å². The minimum absolute atomic E-state index is 0. The van der Waals surface area contributed by atoms with E-state index >= 15 is 0 Å². The van der Waals surface area contributed by atoms with Gasteiger partial charge in [-0.3, -0.25) is 0 Å². The molecule has 0 spiro atoms. The first-order chi connectivity index (χ1) is 11.0. The minimum Gasteiger partial charge on any atom is -0.747 e. The van der Waals surface area contributed by atoms with Gasteiger partial charge in [0.15, 0.2) is 0 Å². The van der Waals surface area contributed by atoms with Crippen molar-refractivity contribution in [2.75, 3.05) is 0 Å². The summed E-state index contributed by atoms with van der Waals surface area (Å²) >= 11 is 0. The second-order valence-electron chi connectivity index (χ2n) is 6.46. The van der Waals surface area contributed by atoms with Crippen LogP contribution in [0.15, 0.2) is 24.3 Å². The molecule has 1 aromatic rings. The first kappa shape index (κ1) is 24.1. The van der Waals surface area contributed by atoms with Crippen LogP contribution in [0, 0.1) is 6.92 Å². The summed E-state index contributed by atoms with van der Waals surface area (Å²) in [6.07, 6.45) is 11.1. The van der Waals surface area contributed by atoms with Crippen molar-refractivity contribution in [1.82, 2.24) is 0 Å². The van der Waals surface area contributed by atoms with E-state index in [2.05, 4.69) is 6.92 Å². The molecule has 0 fully saturated rings. The first-order valence-electron chi connectivity index (χ1n) is 8.97. The van der Waals surface area contributed by atoms with Crippen LogP contribution >= 0.6 is 0 Å². The third-order valence-electron chi connectivity index (χ3n) is 4.45. The Bertz CT molecular complexity index is 543. The molecule has 5 heteroatoms. The largest absolute Gasteiger partial charge is 1.00 e. The fraction of sp³-hybridized carbons (Fsp3) is 0.684. The third-order valence-corrected chi connectivity index (χ3v) is 5.64. The van der Waals surface area contributed by atoms with Gasteiger partial charge in [-0.1, -0.05) is 89.0 Å². The maximum absolute atomic E-state index is 11.6. The quantitative estimate of drug-likeness (QED) is 0.326. The molecule has 0 aliphatic heterocycles. The van der Waals surface area contributed by atoms with Crippen molar-refractivity contribution in [2.24, 2.45) is 0 Å². The van der Waals surface area contributed by atoms with E-state index in [1.807, 2.05) is 19.1 Å². The van der Waals surface area contributed by atoms with E-state index in [-0.39, 0.29) is 29.6 Å². The molecule has 0 bridgehead atoms. The summed E-state index contributed by atoms with van der Waals surface area (Å²) in [6, 6.07) is 7.30. The summed E-state index contributed by atoms with van der Waals surface area (Å²) in [7, 11) is -4.30. The molecule has 1 atom stereocenters. The second-order valence-corrected chi connectivity index (χ2v) is 8.01. The molecule has 0 heterocycles. The number of aryl methyl sites for hydroxylation is 1. The van der Waals surface area contributed by atoms with Crippen molar-refractivity contribution >= 4 is 10.1 Å². The van der Waals surface area contributed by atoms with Gasteiger partial charge in [0.2, 0.25) is 0 Å². The molecule has 0 saturated heterocycles. The second kappa shape index (κ2) is 13.3. The van der Waals surface area contributed by atoms with Crippen LogP contribution in [-0.2, 0) is 10.1 Å². The molecule has 0 aliphatic carbocycles. The van der Waals surface area contributed by atoms with Crippen LogP contribution in [0.4, 0.5) is 0 Å². The Morgan fingerprint density at radius 1 is 0.917 bits per heavy atom. The fourth-order valence-corrected chi connectivity index (χ4v) is 4.07. The molecule has 1 aromatic carbocycles. The maximum Gasteiger partial charge on any atom is 1.00 e. The van der Waals surface area contributed by atoms with Gasteiger partial charge >= 0.3 is 29.6 Å². The first-order valence-corrected chi connectivity index (χ1v) is 10.4. The third kappa shape index (κ3) is 9.57. The molecule has 0 aliphatic rings. The van der Waals surface area contributed by atoms with E-state index in [4.69, 9.17) is 0 Å². The van der Waals surface area contributed by atoms with Gasteiger partial charge in [0.05, 0.1) is 5.25 Å². The molecular weight excluding hydrogens is 331 g/mol. The Morgan fingerprint density at radius 3 is 1.92 bits per heavy atom. The SMILES string of the molecule is CCCCCCCCCCCC(c1ccccc1C)S(=O)(=O)[O-].[Na+]. The van der Waals surface area contributed by atoms with E-state index in [0.29, 0.717) is 12.0 Å². The van der Waals surface area contributed by atoms with E-state index in [1.54, 1.807) is 12.1 Å². The summed E-state index contributed by atoms with van der Waals surface area (Å²) < 4.78 is 34.8. The molecular formula is C19H31NaO3S. The summed E-state index contributed by atoms with van der Waals surface area (Å²) in [5, 5.41) is -0.895. The molecule has 0 amide bonds. The van der Waals surface area contributed by atoms with Gasteiger partial charge in [0.25, 0.3) is 0 Å². The van der Waals surface area contributed by atoms with Gasteiger partial charge in [-0.15, -0.1) is 0 Å². The van der Waals surface area contributed by atoms with Crippen LogP contribution in [0.3, 0.4) is 0 Å². The summed E-state index contributed by atoms with van der Waals surface area (Å²) in [5.41, 5.74) is 1.55. The van der Waals surface area contributed by atoms with E-state index in [9.17, 15) is 13.0 Å². The van der Waals surface area contributed by atoms with Crippen LogP contribution in [-0.4, -0.2) is 13.0 Å². The van der Waals surface area contributed by atoms with Crippen molar-refractivity contribution < 1.29 is 42.5 Å². The zero-order valence-electron chi connectivity index (χ0n) is 15.6. The Labute approximate surface area is 170 Å². The summed E-state index contributed by atoms with van der Waals surface area (Å²) in [4.78, 5) is 0. The fourth-order valence-electron chi connectivity index (χ4n) is 3.04. The standard InChI is InChI=1S/C19H32O3S.Na/c1-3-4-5-6-7-8-9-10-11-16-19(23(20,21)22)18-15-13-12-14-17(18)2;/h12-15,19H,3-11,16H2,1-2H3,(H,20,21,22);/q;+1/p-1. The summed E-state index contributed by atoms with van der Waals surface area (Å²) in [6.45, 7) is 4.08. The van der Waals surface area contributed by atoms with Crippen molar-refractivity contribution in [3.63, 3.8) is 0 Å². The Kier molecular flexibility index (Phi) is 13.4. The van der Waals surface area contributed by atoms with Gasteiger partial charge in [0, 0.05) is 0 Å². The number of hydrogen-bond acceptors (Lipinski definition) is 3. The predicted molar refractivity (Wildman–Crippen MR) is 95.5 cm³/mol. The minimum atomic E-state index is -4.30. The molecule has 0 N–H and O–H groups in total. The van der Waals surface area contributed by atoms with Crippen molar-refractivity contribution in [1.29, 1.82) is 0 Å². The zero-order valence-corrected chi connectivity index (χ0v) is 18.4. The van der Waals surface area contributed by atoms with Gasteiger partial charge in [0.1, 0.15) is 10.1 Å². The molecule has 3 nitrogen and oxygen atoms in total. The van der Waals surface area contributed by atoms with Crippen LogP contribution in [0.1, 0.15) is 87.5 Å². The summed E-state index contributed by atoms with van der Waals surface area (Å²) in [5.74, 6) is 0. The molecule has 1 rings (SSSR count). The molecule has 132 valence electrons.